The molecule has 0 fully saturated rings. The number of primary amides is 1. The molecule has 7 heteroatoms. The van der Waals surface area contributed by atoms with Crippen molar-refractivity contribution in [2.45, 2.75) is 38.8 Å². The second-order valence-electron chi connectivity index (χ2n) is 9.53. The molecule has 37 heavy (non-hydrogen) atoms. The minimum absolute atomic E-state index is 0.234. The molecule has 0 saturated carbocycles. The van der Waals surface area contributed by atoms with Gasteiger partial charge in [-0.3, -0.25) is 14.4 Å². The molecule has 190 valence electrons. The van der Waals surface area contributed by atoms with Crippen molar-refractivity contribution in [3.63, 3.8) is 0 Å². The molecule has 2 atom stereocenters. The van der Waals surface area contributed by atoms with Gasteiger partial charge in [-0.2, -0.15) is 0 Å². The molecule has 1 aromatic heterocycles. The summed E-state index contributed by atoms with van der Waals surface area (Å²) in [5.74, 6) is -1.34. The quantitative estimate of drug-likeness (QED) is 0.329. The number of benzene rings is 3. The van der Waals surface area contributed by atoms with Gasteiger partial charge in [0.25, 0.3) is 5.91 Å². The van der Waals surface area contributed by atoms with Crippen LogP contribution in [0.5, 0.6) is 0 Å². The second-order valence-corrected chi connectivity index (χ2v) is 9.53. The lowest BCUT2D eigenvalue weighted by Crippen LogP contribution is -2.54. The van der Waals surface area contributed by atoms with Crippen LogP contribution in [0.3, 0.4) is 0 Å². The van der Waals surface area contributed by atoms with Crippen molar-refractivity contribution in [2.75, 3.05) is 7.05 Å². The van der Waals surface area contributed by atoms with Crippen LogP contribution < -0.4 is 11.1 Å². The number of likely N-dealkylation sites (N-methyl/N-ethyl adjacent to an activating group) is 1. The number of hydrogen-bond acceptors (Lipinski definition) is 3. The largest absolute Gasteiger partial charge is 0.368 e. The van der Waals surface area contributed by atoms with E-state index in [1.807, 2.05) is 92.8 Å². The maximum atomic E-state index is 13.6. The summed E-state index contributed by atoms with van der Waals surface area (Å²) < 4.78 is 0. The highest BCUT2D eigenvalue weighted by Crippen LogP contribution is 2.20. The molecule has 0 aliphatic rings. The van der Waals surface area contributed by atoms with Gasteiger partial charge in [0.15, 0.2) is 0 Å². The maximum absolute atomic E-state index is 13.6. The first-order valence-corrected chi connectivity index (χ1v) is 12.3. The van der Waals surface area contributed by atoms with Crippen LogP contribution in [0.4, 0.5) is 0 Å². The van der Waals surface area contributed by atoms with Gasteiger partial charge >= 0.3 is 0 Å². The van der Waals surface area contributed by atoms with Crippen molar-refractivity contribution in [3.05, 3.63) is 107 Å². The summed E-state index contributed by atoms with van der Waals surface area (Å²) >= 11 is 0. The lowest BCUT2D eigenvalue weighted by atomic mass is 10.0. The Kier molecular flexibility index (Phi) is 7.72. The van der Waals surface area contributed by atoms with Crippen LogP contribution in [0.1, 0.15) is 32.6 Å². The van der Waals surface area contributed by atoms with Gasteiger partial charge in [0.05, 0.1) is 0 Å². The smallest absolute Gasteiger partial charge is 0.254 e. The van der Waals surface area contributed by atoms with Gasteiger partial charge in [0.1, 0.15) is 12.1 Å². The molecule has 0 spiro atoms. The summed E-state index contributed by atoms with van der Waals surface area (Å²) in [5, 5.41) is 3.79. The molecule has 3 aromatic carbocycles. The zero-order valence-corrected chi connectivity index (χ0v) is 21.3. The first kappa shape index (κ1) is 25.7. The monoisotopic (exact) mass is 496 g/mol. The number of aromatic amines is 1. The van der Waals surface area contributed by atoms with Crippen LogP contribution in [0.25, 0.3) is 10.9 Å². The maximum Gasteiger partial charge on any atom is 0.254 e. The van der Waals surface area contributed by atoms with Crippen LogP contribution in [-0.4, -0.2) is 46.7 Å². The molecule has 0 unspecified atom stereocenters. The summed E-state index contributed by atoms with van der Waals surface area (Å²) in [6, 6.07) is 21.1. The van der Waals surface area contributed by atoms with Crippen LogP contribution in [-0.2, 0) is 22.4 Å². The first-order chi connectivity index (χ1) is 17.7. The number of H-pyrrole nitrogens is 1. The lowest BCUT2D eigenvalue weighted by molar-refractivity contribution is -0.130. The number of nitrogens with one attached hydrogen (secondary N) is 2. The average Bonchev–Trinajstić information content (AvgIpc) is 3.28. The van der Waals surface area contributed by atoms with E-state index in [0.29, 0.717) is 5.56 Å². The van der Waals surface area contributed by atoms with E-state index in [4.69, 9.17) is 5.73 Å². The standard InChI is InChI=1S/C30H32N4O3/c1-19-13-20(2)15-22(14-19)30(37)34(3)27(16-21-9-5-4-6-10-21)29(36)33-26(28(31)35)17-23-18-32-25-12-8-7-11-24(23)25/h4-15,18,26-27,32H,16-17H2,1-3H3,(H2,31,35)(H,33,36)/t26-,27+/m0/s1. The highest BCUT2D eigenvalue weighted by atomic mass is 16.2. The zero-order valence-electron chi connectivity index (χ0n) is 21.3. The molecule has 3 amide bonds. The fourth-order valence-electron chi connectivity index (χ4n) is 4.70. The number of aromatic nitrogens is 1. The fourth-order valence-corrected chi connectivity index (χ4v) is 4.70. The predicted molar refractivity (Wildman–Crippen MR) is 145 cm³/mol. The number of nitrogens with two attached hydrogens (primary N) is 1. The Morgan fingerprint density at radius 2 is 1.57 bits per heavy atom. The second kappa shape index (κ2) is 11.1. The number of carbonyl (C=O) groups excluding carboxylic acids is 3. The summed E-state index contributed by atoms with van der Waals surface area (Å²) in [6.07, 6.45) is 2.35. The number of carbonyl (C=O) groups is 3. The van der Waals surface area contributed by atoms with Gasteiger partial charge in [0.2, 0.25) is 11.8 Å². The van der Waals surface area contributed by atoms with Crippen molar-refractivity contribution >= 4 is 28.6 Å². The molecule has 0 radical (unpaired) electrons. The summed E-state index contributed by atoms with van der Waals surface area (Å²) in [4.78, 5) is 44.1. The molecule has 0 saturated heterocycles. The Morgan fingerprint density at radius 3 is 2.24 bits per heavy atom. The van der Waals surface area contributed by atoms with Crippen molar-refractivity contribution in [3.8, 4) is 0 Å². The van der Waals surface area contributed by atoms with Crippen LogP contribution >= 0.6 is 0 Å². The number of fused-ring (bicyclic) bond motifs is 1. The molecule has 0 aliphatic heterocycles. The van der Waals surface area contributed by atoms with Crippen LogP contribution in [0, 0.1) is 13.8 Å². The summed E-state index contributed by atoms with van der Waals surface area (Å²) in [5.41, 5.74) is 10.9. The van der Waals surface area contributed by atoms with E-state index in [9.17, 15) is 14.4 Å². The van der Waals surface area contributed by atoms with E-state index >= 15 is 0 Å². The summed E-state index contributed by atoms with van der Waals surface area (Å²) in [6.45, 7) is 3.86. The molecule has 0 bridgehead atoms. The van der Waals surface area contributed by atoms with Crippen molar-refractivity contribution in [1.82, 2.24) is 15.2 Å². The Labute approximate surface area is 216 Å². The predicted octanol–water partition coefficient (Wildman–Crippen LogP) is 3.68. The molecule has 1 heterocycles. The zero-order chi connectivity index (χ0) is 26.5. The van der Waals surface area contributed by atoms with E-state index in [1.54, 1.807) is 7.05 Å². The highest BCUT2D eigenvalue weighted by molar-refractivity contribution is 5.98. The number of rotatable bonds is 9. The van der Waals surface area contributed by atoms with E-state index in [2.05, 4.69) is 10.3 Å². The molecule has 4 N–H and O–H groups in total. The Bertz CT molecular complexity index is 1410. The Morgan fingerprint density at radius 1 is 0.919 bits per heavy atom. The number of amides is 3. The number of hydrogen-bond donors (Lipinski definition) is 3. The topological polar surface area (TPSA) is 108 Å². The summed E-state index contributed by atoms with van der Waals surface area (Å²) in [7, 11) is 1.62. The van der Waals surface area contributed by atoms with E-state index in [0.717, 1.165) is 33.2 Å². The third-order valence-electron chi connectivity index (χ3n) is 6.59. The lowest BCUT2D eigenvalue weighted by Gasteiger charge is -2.29. The minimum atomic E-state index is -0.935. The Hall–Kier alpha value is -4.39. The van der Waals surface area contributed by atoms with Gasteiger partial charge in [0, 0.05) is 42.6 Å². The average molecular weight is 497 g/mol. The highest BCUT2D eigenvalue weighted by Gasteiger charge is 2.31. The third-order valence-corrected chi connectivity index (χ3v) is 6.59. The van der Waals surface area contributed by atoms with Gasteiger partial charge in [-0.25, -0.2) is 0 Å². The van der Waals surface area contributed by atoms with Gasteiger partial charge in [-0.05, 0) is 43.2 Å². The van der Waals surface area contributed by atoms with Gasteiger partial charge in [-0.15, -0.1) is 0 Å². The minimum Gasteiger partial charge on any atom is -0.368 e. The fraction of sp³-hybridized carbons (Fsp3) is 0.233. The van der Waals surface area contributed by atoms with Gasteiger partial charge in [-0.1, -0.05) is 65.7 Å². The third kappa shape index (κ3) is 6.06. The molecular weight excluding hydrogens is 464 g/mol. The molecular formula is C30H32N4O3. The number of aryl methyl sites for hydroxylation is 2. The van der Waals surface area contributed by atoms with Crippen LogP contribution in [0.2, 0.25) is 0 Å². The van der Waals surface area contributed by atoms with Crippen molar-refractivity contribution in [2.24, 2.45) is 5.73 Å². The number of nitrogens with zero attached hydrogens (tertiary/aromatic N) is 1. The normalized spacial score (nSPS) is 12.6. The molecule has 4 aromatic rings. The van der Waals surface area contributed by atoms with Crippen molar-refractivity contribution < 1.29 is 14.4 Å². The number of para-hydroxylation sites is 1. The molecule has 0 aliphatic carbocycles. The molecule has 4 rings (SSSR count). The van der Waals surface area contributed by atoms with Crippen molar-refractivity contribution in [1.29, 1.82) is 0 Å². The van der Waals surface area contributed by atoms with Crippen LogP contribution in [0.15, 0.2) is 79.0 Å². The van der Waals surface area contributed by atoms with Gasteiger partial charge < -0.3 is 20.9 Å². The Balaban J connectivity index is 1.60. The first-order valence-electron chi connectivity index (χ1n) is 12.3. The van der Waals surface area contributed by atoms with E-state index in [1.165, 1.54) is 4.90 Å². The molecule has 7 nitrogen and oxygen atoms in total. The van der Waals surface area contributed by atoms with E-state index < -0.39 is 23.9 Å². The SMILES string of the molecule is Cc1cc(C)cc(C(=O)N(C)[C@H](Cc2ccccc2)C(=O)N[C@@H](Cc2c[nH]c3ccccc23)C(N)=O)c1. The van der Waals surface area contributed by atoms with E-state index in [-0.39, 0.29) is 18.7 Å².